The van der Waals surface area contributed by atoms with Crippen molar-refractivity contribution in [2.45, 2.75) is 44.6 Å². The Kier molecular flexibility index (Phi) is 4.37. The molecule has 94 valence electrons. The molecule has 1 fully saturated rings. The van der Waals surface area contributed by atoms with Gasteiger partial charge < -0.3 is 9.84 Å². The molecule has 0 spiro atoms. The minimum atomic E-state index is -0.378. The summed E-state index contributed by atoms with van der Waals surface area (Å²) in [6, 6.07) is 3.71. The number of aromatic nitrogens is 1. The predicted molar refractivity (Wildman–Crippen MR) is 66.9 cm³/mol. The second kappa shape index (κ2) is 6.01. The number of hydrogen-bond donors (Lipinski definition) is 1. The normalized spacial score (nSPS) is 18.9. The molecule has 0 aliphatic heterocycles. The van der Waals surface area contributed by atoms with E-state index in [0.29, 0.717) is 11.8 Å². The van der Waals surface area contributed by atoms with Crippen LogP contribution in [0, 0.1) is 5.92 Å². The van der Waals surface area contributed by atoms with Crippen molar-refractivity contribution in [2.75, 3.05) is 7.11 Å². The topological polar surface area (TPSA) is 42.4 Å². The molecule has 1 unspecified atom stereocenters. The van der Waals surface area contributed by atoms with Crippen molar-refractivity contribution < 1.29 is 9.84 Å². The van der Waals surface area contributed by atoms with Crippen LogP contribution in [-0.4, -0.2) is 17.2 Å². The van der Waals surface area contributed by atoms with Gasteiger partial charge in [-0.05, 0) is 24.0 Å². The number of nitrogens with zero attached hydrogens (tertiary/aromatic N) is 1. The second-order valence-corrected chi connectivity index (χ2v) is 4.89. The molecule has 1 aliphatic carbocycles. The van der Waals surface area contributed by atoms with Gasteiger partial charge >= 0.3 is 0 Å². The van der Waals surface area contributed by atoms with Gasteiger partial charge in [-0.3, -0.25) is 0 Å². The van der Waals surface area contributed by atoms with Crippen LogP contribution >= 0.6 is 0 Å². The van der Waals surface area contributed by atoms with E-state index in [-0.39, 0.29) is 6.10 Å². The minimum Gasteiger partial charge on any atom is -0.481 e. The Labute approximate surface area is 103 Å². The molecule has 0 saturated heterocycles. The molecule has 1 N–H and O–H groups in total. The number of aliphatic hydroxyl groups is 1. The van der Waals surface area contributed by atoms with E-state index in [1.165, 1.54) is 32.1 Å². The molecule has 3 nitrogen and oxygen atoms in total. The van der Waals surface area contributed by atoms with Crippen LogP contribution in [0.15, 0.2) is 18.3 Å². The molecule has 1 aromatic heterocycles. The summed E-state index contributed by atoms with van der Waals surface area (Å²) < 4.78 is 5.01. The molecule has 0 amide bonds. The molecule has 1 saturated carbocycles. The van der Waals surface area contributed by atoms with Gasteiger partial charge in [0.1, 0.15) is 0 Å². The van der Waals surface area contributed by atoms with Gasteiger partial charge in [0.05, 0.1) is 13.2 Å². The third-order valence-corrected chi connectivity index (χ3v) is 3.63. The zero-order valence-corrected chi connectivity index (χ0v) is 10.4. The van der Waals surface area contributed by atoms with Crippen molar-refractivity contribution in [3.8, 4) is 5.88 Å². The largest absolute Gasteiger partial charge is 0.481 e. The summed E-state index contributed by atoms with van der Waals surface area (Å²) in [6.07, 6.45) is 8.73. The average molecular weight is 235 g/mol. The van der Waals surface area contributed by atoms with E-state index in [0.717, 1.165) is 12.0 Å². The summed E-state index contributed by atoms with van der Waals surface area (Å²) in [5.74, 6) is 1.28. The van der Waals surface area contributed by atoms with E-state index in [1.807, 2.05) is 6.07 Å². The molecule has 1 aliphatic rings. The van der Waals surface area contributed by atoms with Crippen molar-refractivity contribution >= 4 is 0 Å². The van der Waals surface area contributed by atoms with Crippen LogP contribution in [0.4, 0.5) is 0 Å². The smallest absolute Gasteiger partial charge is 0.212 e. The van der Waals surface area contributed by atoms with Gasteiger partial charge in [-0.15, -0.1) is 0 Å². The molecular formula is C14H21NO2. The molecule has 3 heteroatoms. The Hall–Kier alpha value is -1.09. The van der Waals surface area contributed by atoms with E-state index in [1.54, 1.807) is 19.4 Å². The van der Waals surface area contributed by atoms with Crippen molar-refractivity contribution in [1.82, 2.24) is 4.98 Å². The Morgan fingerprint density at radius 1 is 1.35 bits per heavy atom. The van der Waals surface area contributed by atoms with E-state index < -0.39 is 0 Å². The fourth-order valence-electron chi connectivity index (χ4n) is 2.58. The quantitative estimate of drug-likeness (QED) is 0.872. The van der Waals surface area contributed by atoms with Crippen LogP contribution in [0.3, 0.4) is 0 Å². The highest BCUT2D eigenvalue weighted by Crippen LogP contribution is 2.31. The molecule has 0 aromatic carbocycles. The number of methoxy groups -OCH3 is 1. The lowest BCUT2D eigenvalue weighted by Gasteiger charge is -2.24. The SMILES string of the molecule is COc1ccc(C(O)CC2CCCCC2)cn1. The van der Waals surface area contributed by atoms with Crippen LogP contribution < -0.4 is 4.74 Å². The van der Waals surface area contributed by atoms with E-state index >= 15 is 0 Å². The Bertz CT molecular complexity index is 331. The first-order valence-electron chi connectivity index (χ1n) is 6.47. The summed E-state index contributed by atoms with van der Waals surface area (Å²) in [6.45, 7) is 0. The molecule has 1 aromatic rings. The Morgan fingerprint density at radius 3 is 2.71 bits per heavy atom. The molecule has 1 heterocycles. The number of aliphatic hydroxyl groups excluding tert-OH is 1. The van der Waals surface area contributed by atoms with Crippen molar-refractivity contribution in [2.24, 2.45) is 5.92 Å². The number of pyridine rings is 1. The van der Waals surface area contributed by atoms with Crippen LogP contribution in [-0.2, 0) is 0 Å². The zero-order chi connectivity index (χ0) is 12.1. The molecule has 2 rings (SSSR count). The molecule has 0 radical (unpaired) electrons. The van der Waals surface area contributed by atoms with Gasteiger partial charge in [0, 0.05) is 12.3 Å². The molecule has 17 heavy (non-hydrogen) atoms. The van der Waals surface area contributed by atoms with Gasteiger partial charge in [0.2, 0.25) is 5.88 Å². The fraction of sp³-hybridized carbons (Fsp3) is 0.643. The van der Waals surface area contributed by atoms with Crippen LogP contribution in [0.2, 0.25) is 0 Å². The molecule has 1 atom stereocenters. The lowest BCUT2D eigenvalue weighted by molar-refractivity contribution is 0.131. The van der Waals surface area contributed by atoms with Gasteiger partial charge in [-0.2, -0.15) is 0 Å². The van der Waals surface area contributed by atoms with Gasteiger partial charge in [0.25, 0.3) is 0 Å². The van der Waals surface area contributed by atoms with Crippen molar-refractivity contribution in [1.29, 1.82) is 0 Å². The van der Waals surface area contributed by atoms with Gasteiger partial charge in [-0.25, -0.2) is 4.98 Å². The summed E-state index contributed by atoms with van der Waals surface area (Å²) in [5, 5.41) is 10.2. The number of rotatable bonds is 4. The highest BCUT2D eigenvalue weighted by atomic mass is 16.5. The standard InChI is InChI=1S/C14H21NO2/c1-17-14-8-7-12(10-15-14)13(16)9-11-5-3-2-4-6-11/h7-8,10-11,13,16H,2-6,9H2,1H3. The summed E-state index contributed by atoms with van der Waals surface area (Å²) in [7, 11) is 1.60. The lowest BCUT2D eigenvalue weighted by atomic mass is 9.84. The molecular weight excluding hydrogens is 214 g/mol. The average Bonchev–Trinajstić information content (AvgIpc) is 2.40. The van der Waals surface area contributed by atoms with Crippen LogP contribution in [0.5, 0.6) is 5.88 Å². The maximum Gasteiger partial charge on any atom is 0.212 e. The third-order valence-electron chi connectivity index (χ3n) is 3.63. The highest BCUT2D eigenvalue weighted by molar-refractivity contribution is 5.19. The lowest BCUT2D eigenvalue weighted by Crippen LogP contribution is -2.11. The first kappa shape index (κ1) is 12.4. The maximum atomic E-state index is 10.2. The van der Waals surface area contributed by atoms with Crippen molar-refractivity contribution in [3.05, 3.63) is 23.9 Å². The summed E-state index contributed by atoms with van der Waals surface area (Å²) >= 11 is 0. The fourth-order valence-corrected chi connectivity index (χ4v) is 2.58. The predicted octanol–water partition coefficient (Wildman–Crippen LogP) is 3.09. The van der Waals surface area contributed by atoms with Crippen LogP contribution in [0.1, 0.15) is 50.2 Å². The van der Waals surface area contributed by atoms with E-state index in [4.69, 9.17) is 4.74 Å². The Balaban J connectivity index is 1.91. The zero-order valence-electron chi connectivity index (χ0n) is 10.4. The first-order valence-corrected chi connectivity index (χ1v) is 6.47. The van der Waals surface area contributed by atoms with E-state index in [2.05, 4.69) is 4.98 Å². The van der Waals surface area contributed by atoms with Gasteiger partial charge in [0.15, 0.2) is 0 Å². The summed E-state index contributed by atoms with van der Waals surface area (Å²) in [4.78, 5) is 4.13. The monoisotopic (exact) mass is 235 g/mol. The first-order chi connectivity index (χ1) is 8.29. The van der Waals surface area contributed by atoms with Crippen molar-refractivity contribution in [3.63, 3.8) is 0 Å². The second-order valence-electron chi connectivity index (χ2n) is 4.89. The van der Waals surface area contributed by atoms with E-state index in [9.17, 15) is 5.11 Å². The number of ether oxygens (including phenoxy) is 1. The number of hydrogen-bond acceptors (Lipinski definition) is 3. The Morgan fingerprint density at radius 2 is 2.12 bits per heavy atom. The highest BCUT2D eigenvalue weighted by Gasteiger charge is 2.18. The van der Waals surface area contributed by atoms with Gasteiger partial charge in [-0.1, -0.05) is 32.1 Å². The minimum absolute atomic E-state index is 0.378. The molecule has 0 bridgehead atoms. The summed E-state index contributed by atoms with van der Waals surface area (Å²) in [5.41, 5.74) is 0.899. The maximum absolute atomic E-state index is 10.2. The van der Waals surface area contributed by atoms with Crippen LogP contribution in [0.25, 0.3) is 0 Å². The third kappa shape index (κ3) is 3.43.